The third-order valence-corrected chi connectivity index (χ3v) is 3.50. The maximum absolute atomic E-state index is 6.48. The number of nitrogens with two attached hydrogens (primary N) is 2. The molecular formula is C15H19N5. The second-order valence-corrected chi connectivity index (χ2v) is 5.10. The van der Waals surface area contributed by atoms with Crippen LogP contribution < -0.4 is 16.8 Å². The van der Waals surface area contributed by atoms with Gasteiger partial charge >= 0.3 is 0 Å². The van der Waals surface area contributed by atoms with Crippen LogP contribution in [0.4, 0.5) is 0 Å². The minimum Gasteiger partial charge on any atom is -0.384 e. The topological polar surface area (TPSA) is 92.2 Å². The molecule has 0 aliphatic carbocycles. The summed E-state index contributed by atoms with van der Waals surface area (Å²) in [5, 5.41) is 4.42. The van der Waals surface area contributed by atoms with Gasteiger partial charge in [-0.1, -0.05) is 31.5 Å². The van der Waals surface area contributed by atoms with Crippen LogP contribution in [0.1, 0.15) is 25.3 Å². The Kier molecular flexibility index (Phi) is 2.99. The lowest BCUT2D eigenvalue weighted by Gasteiger charge is -2.32. The van der Waals surface area contributed by atoms with Crippen molar-refractivity contribution >= 4 is 16.7 Å². The standard InChI is InChI=1S/C15H19N5/c1-2-4-11-9-13(16)20-15(17,19-11)12-6-3-5-10-7-8-18-14(10)12/h3,5-9,18-19H,2,4,17H2,1H3,(H2,16,20). The van der Waals surface area contributed by atoms with Crippen LogP contribution in [0.2, 0.25) is 0 Å². The Hall–Kier alpha value is -2.27. The number of benzene rings is 1. The number of aromatic amines is 1. The molecule has 104 valence electrons. The molecule has 1 unspecified atom stereocenters. The summed E-state index contributed by atoms with van der Waals surface area (Å²) < 4.78 is 0. The van der Waals surface area contributed by atoms with E-state index in [-0.39, 0.29) is 0 Å². The van der Waals surface area contributed by atoms with Crippen LogP contribution >= 0.6 is 0 Å². The highest BCUT2D eigenvalue weighted by atomic mass is 15.3. The predicted octanol–water partition coefficient (Wildman–Crippen LogP) is 1.88. The number of allylic oxidation sites excluding steroid dienone is 1. The second kappa shape index (κ2) is 4.68. The zero-order valence-corrected chi connectivity index (χ0v) is 11.5. The van der Waals surface area contributed by atoms with E-state index in [2.05, 4.69) is 22.2 Å². The average molecular weight is 269 g/mol. The SMILES string of the molecule is CCCC1=CC(N)=NC(N)(c2cccc3cc[nH]c23)N1. The molecule has 2 heterocycles. The van der Waals surface area contributed by atoms with Crippen molar-refractivity contribution in [3.05, 3.63) is 47.8 Å². The molecular weight excluding hydrogens is 250 g/mol. The van der Waals surface area contributed by atoms with E-state index in [0.29, 0.717) is 5.84 Å². The molecule has 6 N–H and O–H groups in total. The molecule has 0 fully saturated rings. The lowest BCUT2D eigenvalue weighted by molar-refractivity contribution is 0.389. The van der Waals surface area contributed by atoms with Gasteiger partial charge in [-0.05, 0) is 23.9 Å². The van der Waals surface area contributed by atoms with E-state index in [1.54, 1.807) is 0 Å². The van der Waals surface area contributed by atoms with Gasteiger partial charge in [0, 0.05) is 17.5 Å². The van der Waals surface area contributed by atoms with Crippen molar-refractivity contribution in [1.29, 1.82) is 0 Å². The van der Waals surface area contributed by atoms with Gasteiger partial charge in [0.1, 0.15) is 5.84 Å². The van der Waals surface area contributed by atoms with Crippen molar-refractivity contribution in [3.63, 3.8) is 0 Å². The van der Waals surface area contributed by atoms with E-state index in [9.17, 15) is 0 Å². The quantitative estimate of drug-likeness (QED) is 0.685. The molecule has 3 rings (SSSR count). The Morgan fingerprint density at radius 1 is 1.30 bits per heavy atom. The van der Waals surface area contributed by atoms with Gasteiger partial charge in [-0.2, -0.15) is 0 Å². The molecule has 0 radical (unpaired) electrons. The Balaban J connectivity index is 2.09. The summed E-state index contributed by atoms with van der Waals surface area (Å²) in [5.74, 6) is -0.563. The molecule has 5 heteroatoms. The minimum atomic E-state index is -1.02. The van der Waals surface area contributed by atoms with Gasteiger partial charge in [0.15, 0.2) is 0 Å². The Labute approximate surface area is 117 Å². The maximum Gasteiger partial charge on any atom is 0.213 e. The number of hydrogen-bond acceptors (Lipinski definition) is 4. The summed E-state index contributed by atoms with van der Waals surface area (Å²) >= 11 is 0. The van der Waals surface area contributed by atoms with Crippen molar-refractivity contribution in [1.82, 2.24) is 10.3 Å². The average Bonchev–Trinajstić information content (AvgIpc) is 2.85. The lowest BCUT2D eigenvalue weighted by atomic mass is 10.0. The van der Waals surface area contributed by atoms with Gasteiger partial charge in [-0.25, -0.2) is 4.99 Å². The molecule has 1 aromatic carbocycles. The monoisotopic (exact) mass is 269 g/mol. The van der Waals surface area contributed by atoms with Crippen LogP contribution in [-0.4, -0.2) is 10.8 Å². The Morgan fingerprint density at radius 2 is 2.15 bits per heavy atom. The van der Waals surface area contributed by atoms with Crippen LogP contribution in [-0.2, 0) is 5.79 Å². The van der Waals surface area contributed by atoms with Gasteiger partial charge in [0.2, 0.25) is 5.79 Å². The van der Waals surface area contributed by atoms with Crippen LogP contribution in [0.25, 0.3) is 10.9 Å². The highest BCUT2D eigenvalue weighted by Gasteiger charge is 2.32. The lowest BCUT2D eigenvalue weighted by Crippen LogP contribution is -2.51. The number of para-hydroxylation sites is 1. The fraction of sp³-hybridized carbons (Fsp3) is 0.267. The number of hydrogen-bond donors (Lipinski definition) is 4. The van der Waals surface area contributed by atoms with E-state index in [1.807, 2.05) is 36.5 Å². The van der Waals surface area contributed by atoms with Crippen LogP contribution in [0.3, 0.4) is 0 Å². The molecule has 1 aromatic heterocycles. The van der Waals surface area contributed by atoms with Gasteiger partial charge in [-0.3, -0.25) is 5.73 Å². The van der Waals surface area contributed by atoms with Gasteiger partial charge in [-0.15, -0.1) is 0 Å². The van der Waals surface area contributed by atoms with E-state index >= 15 is 0 Å². The van der Waals surface area contributed by atoms with E-state index < -0.39 is 5.79 Å². The zero-order chi connectivity index (χ0) is 14.2. The number of nitrogens with zero attached hydrogens (tertiary/aromatic N) is 1. The first-order chi connectivity index (χ1) is 9.62. The number of fused-ring (bicyclic) bond motifs is 1. The number of H-pyrrole nitrogens is 1. The van der Waals surface area contributed by atoms with Crippen molar-refractivity contribution in [3.8, 4) is 0 Å². The molecule has 0 saturated heterocycles. The third kappa shape index (κ3) is 2.06. The summed E-state index contributed by atoms with van der Waals surface area (Å²) in [5.41, 5.74) is 15.3. The first-order valence-electron chi connectivity index (χ1n) is 6.82. The summed E-state index contributed by atoms with van der Waals surface area (Å²) in [7, 11) is 0. The molecule has 1 atom stereocenters. The molecule has 0 bridgehead atoms. The summed E-state index contributed by atoms with van der Waals surface area (Å²) in [4.78, 5) is 7.63. The summed E-state index contributed by atoms with van der Waals surface area (Å²) in [6.07, 6.45) is 5.67. The Bertz CT molecular complexity index is 697. The first kappa shape index (κ1) is 12.7. The van der Waals surface area contributed by atoms with Gasteiger partial charge < -0.3 is 16.0 Å². The van der Waals surface area contributed by atoms with E-state index in [4.69, 9.17) is 11.5 Å². The van der Waals surface area contributed by atoms with Crippen LogP contribution in [0.15, 0.2) is 47.2 Å². The molecule has 1 aliphatic rings. The number of aliphatic imine (C=N–C) groups is 1. The maximum atomic E-state index is 6.48. The Morgan fingerprint density at radius 3 is 2.95 bits per heavy atom. The predicted molar refractivity (Wildman–Crippen MR) is 81.9 cm³/mol. The molecule has 1 aliphatic heterocycles. The fourth-order valence-corrected chi connectivity index (χ4v) is 2.66. The normalized spacial score (nSPS) is 22.3. The molecule has 0 saturated carbocycles. The second-order valence-electron chi connectivity index (χ2n) is 5.10. The minimum absolute atomic E-state index is 0.457. The molecule has 0 amide bonds. The fourth-order valence-electron chi connectivity index (χ4n) is 2.66. The number of nitrogens with one attached hydrogen (secondary N) is 2. The van der Waals surface area contributed by atoms with Gasteiger partial charge in [0.05, 0.1) is 5.52 Å². The summed E-state index contributed by atoms with van der Waals surface area (Å²) in [6, 6.07) is 8.00. The summed E-state index contributed by atoms with van der Waals surface area (Å²) in [6.45, 7) is 2.12. The highest BCUT2D eigenvalue weighted by Crippen LogP contribution is 2.28. The van der Waals surface area contributed by atoms with Crippen molar-refractivity contribution in [2.45, 2.75) is 25.6 Å². The van der Waals surface area contributed by atoms with Crippen molar-refractivity contribution < 1.29 is 0 Å². The number of aromatic nitrogens is 1. The van der Waals surface area contributed by atoms with E-state index in [1.165, 1.54) is 0 Å². The zero-order valence-electron chi connectivity index (χ0n) is 11.5. The smallest absolute Gasteiger partial charge is 0.213 e. The van der Waals surface area contributed by atoms with Crippen molar-refractivity contribution in [2.24, 2.45) is 16.5 Å². The van der Waals surface area contributed by atoms with Gasteiger partial charge in [0.25, 0.3) is 0 Å². The van der Waals surface area contributed by atoms with E-state index in [0.717, 1.165) is 35.0 Å². The number of amidine groups is 1. The molecule has 0 spiro atoms. The largest absolute Gasteiger partial charge is 0.384 e. The van der Waals surface area contributed by atoms with Crippen molar-refractivity contribution in [2.75, 3.05) is 0 Å². The molecule has 5 nitrogen and oxygen atoms in total. The number of rotatable bonds is 3. The van der Waals surface area contributed by atoms with Crippen LogP contribution in [0, 0.1) is 0 Å². The first-order valence-corrected chi connectivity index (χ1v) is 6.82. The van der Waals surface area contributed by atoms with Crippen LogP contribution in [0.5, 0.6) is 0 Å². The molecule has 20 heavy (non-hydrogen) atoms. The molecule has 2 aromatic rings. The third-order valence-electron chi connectivity index (χ3n) is 3.50. The highest BCUT2D eigenvalue weighted by molar-refractivity contribution is 5.93.